The van der Waals surface area contributed by atoms with Gasteiger partial charge in [-0.05, 0) is 27.8 Å². The molecule has 0 atom stereocenters. The highest BCUT2D eigenvalue weighted by Crippen LogP contribution is 2.17. The molecular formula is C11H19N3O2. The molecule has 0 amide bonds. The van der Waals surface area contributed by atoms with Gasteiger partial charge in [0.15, 0.2) is 0 Å². The van der Waals surface area contributed by atoms with E-state index in [0.717, 1.165) is 11.3 Å². The van der Waals surface area contributed by atoms with Gasteiger partial charge >= 0.3 is 5.97 Å². The lowest BCUT2D eigenvalue weighted by Gasteiger charge is -2.31. The van der Waals surface area contributed by atoms with Crippen molar-refractivity contribution in [3.63, 3.8) is 0 Å². The second kappa shape index (κ2) is 4.25. The van der Waals surface area contributed by atoms with Gasteiger partial charge in [0.05, 0.1) is 6.20 Å². The van der Waals surface area contributed by atoms with Crippen LogP contribution < -0.4 is 0 Å². The number of likely N-dealkylation sites (N-methyl/N-ethyl adjacent to an activating group) is 1. The second-order valence-corrected chi connectivity index (χ2v) is 4.60. The fourth-order valence-electron chi connectivity index (χ4n) is 1.32. The van der Waals surface area contributed by atoms with Crippen LogP contribution in [0.5, 0.6) is 0 Å². The molecule has 5 heteroatoms. The lowest BCUT2D eigenvalue weighted by Crippen LogP contribution is -2.47. The van der Waals surface area contributed by atoms with E-state index in [2.05, 4.69) is 5.10 Å². The first-order valence-corrected chi connectivity index (χ1v) is 5.19. The Balaban J connectivity index is 2.83. The average Bonchev–Trinajstić information content (AvgIpc) is 2.49. The smallest absolute Gasteiger partial charge is 0.323 e. The minimum Gasteiger partial charge on any atom is -0.480 e. The molecular weight excluding hydrogens is 206 g/mol. The summed E-state index contributed by atoms with van der Waals surface area (Å²) in [6, 6.07) is 0. The van der Waals surface area contributed by atoms with Gasteiger partial charge in [-0.3, -0.25) is 14.4 Å². The molecule has 0 saturated heterocycles. The van der Waals surface area contributed by atoms with Gasteiger partial charge in [-0.25, -0.2) is 0 Å². The normalized spacial score (nSPS) is 12.1. The SMILES string of the molecule is Cc1c(CN(C)C(C)(C)C(=O)O)cnn1C. The van der Waals surface area contributed by atoms with Crippen LogP contribution in [0, 0.1) is 6.92 Å². The lowest BCUT2D eigenvalue weighted by atomic mass is 10.0. The largest absolute Gasteiger partial charge is 0.480 e. The highest BCUT2D eigenvalue weighted by Gasteiger charge is 2.32. The predicted octanol–water partition coefficient (Wildman–Crippen LogP) is 1.02. The Morgan fingerprint density at radius 2 is 2.19 bits per heavy atom. The van der Waals surface area contributed by atoms with Gasteiger partial charge in [-0.15, -0.1) is 0 Å². The van der Waals surface area contributed by atoms with E-state index in [1.165, 1.54) is 0 Å². The average molecular weight is 225 g/mol. The number of carboxylic acids is 1. The number of aliphatic carboxylic acids is 1. The quantitative estimate of drug-likeness (QED) is 0.831. The van der Waals surface area contributed by atoms with Gasteiger partial charge in [0.25, 0.3) is 0 Å². The number of carbonyl (C=O) groups is 1. The molecule has 0 aliphatic rings. The number of rotatable bonds is 4. The molecule has 0 radical (unpaired) electrons. The Hall–Kier alpha value is -1.36. The zero-order valence-corrected chi connectivity index (χ0v) is 10.5. The van der Waals surface area contributed by atoms with Gasteiger partial charge in [0.2, 0.25) is 0 Å². The molecule has 0 bridgehead atoms. The molecule has 0 aliphatic carbocycles. The van der Waals surface area contributed by atoms with E-state index >= 15 is 0 Å². The van der Waals surface area contributed by atoms with E-state index < -0.39 is 11.5 Å². The van der Waals surface area contributed by atoms with Crippen molar-refractivity contribution in [2.24, 2.45) is 7.05 Å². The van der Waals surface area contributed by atoms with Gasteiger partial charge < -0.3 is 5.11 Å². The Bertz CT molecular complexity index is 396. The standard InChI is InChI=1S/C11H19N3O2/c1-8-9(6-12-14(8)5)7-13(4)11(2,3)10(15)16/h6H,7H2,1-5H3,(H,15,16). The van der Waals surface area contributed by atoms with Crippen LogP contribution in [0.1, 0.15) is 25.1 Å². The summed E-state index contributed by atoms with van der Waals surface area (Å²) < 4.78 is 1.79. The fourth-order valence-corrected chi connectivity index (χ4v) is 1.32. The fraction of sp³-hybridized carbons (Fsp3) is 0.636. The molecule has 0 unspecified atom stereocenters. The van der Waals surface area contributed by atoms with Gasteiger partial charge in [-0.2, -0.15) is 5.10 Å². The summed E-state index contributed by atoms with van der Waals surface area (Å²) in [4.78, 5) is 12.9. The molecule has 5 nitrogen and oxygen atoms in total. The van der Waals surface area contributed by atoms with Crippen molar-refractivity contribution in [1.82, 2.24) is 14.7 Å². The van der Waals surface area contributed by atoms with Crippen molar-refractivity contribution in [2.45, 2.75) is 32.9 Å². The lowest BCUT2D eigenvalue weighted by molar-refractivity contribution is -0.148. The number of aromatic nitrogens is 2. The van der Waals surface area contributed by atoms with Gasteiger partial charge in [0, 0.05) is 24.8 Å². The molecule has 0 aliphatic heterocycles. The molecule has 0 spiro atoms. The molecule has 1 aromatic heterocycles. The van der Waals surface area contributed by atoms with Gasteiger partial charge in [0.1, 0.15) is 5.54 Å². The van der Waals surface area contributed by atoms with E-state index in [0.29, 0.717) is 6.54 Å². The summed E-state index contributed by atoms with van der Waals surface area (Å²) >= 11 is 0. The highest BCUT2D eigenvalue weighted by molar-refractivity contribution is 5.77. The summed E-state index contributed by atoms with van der Waals surface area (Å²) in [6.45, 7) is 5.95. The number of carboxylic acid groups (broad SMARTS) is 1. The van der Waals surface area contributed by atoms with Crippen LogP contribution in [0.2, 0.25) is 0 Å². The van der Waals surface area contributed by atoms with Crippen molar-refractivity contribution in [3.8, 4) is 0 Å². The second-order valence-electron chi connectivity index (χ2n) is 4.60. The summed E-state index contributed by atoms with van der Waals surface area (Å²) in [6.07, 6.45) is 1.78. The zero-order valence-electron chi connectivity index (χ0n) is 10.5. The molecule has 90 valence electrons. The van der Waals surface area contributed by atoms with Crippen molar-refractivity contribution in [2.75, 3.05) is 7.05 Å². The van der Waals surface area contributed by atoms with Crippen molar-refractivity contribution < 1.29 is 9.90 Å². The third kappa shape index (κ3) is 2.24. The van der Waals surface area contributed by atoms with Crippen LogP contribution in [-0.4, -0.2) is 38.3 Å². The van der Waals surface area contributed by atoms with E-state index in [1.54, 1.807) is 36.7 Å². The number of nitrogens with zero attached hydrogens (tertiary/aromatic N) is 3. The Kier molecular flexibility index (Phi) is 3.38. The van der Waals surface area contributed by atoms with E-state index in [1.807, 2.05) is 14.0 Å². The zero-order chi connectivity index (χ0) is 12.5. The Morgan fingerprint density at radius 1 is 1.62 bits per heavy atom. The maximum absolute atomic E-state index is 11.1. The predicted molar refractivity (Wildman–Crippen MR) is 61.1 cm³/mol. The summed E-state index contributed by atoms with van der Waals surface area (Å²) in [5, 5.41) is 13.2. The van der Waals surface area contributed by atoms with E-state index in [9.17, 15) is 4.79 Å². The van der Waals surface area contributed by atoms with Crippen molar-refractivity contribution >= 4 is 5.97 Å². The monoisotopic (exact) mass is 225 g/mol. The third-order valence-electron chi connectivity index (χ3n) is 3.22. The first kappa shape index (κ1) is 12.7. The molecule has 0 saturated carbocycles. The van der Waals surface area contributed by atoms with Crippen LogP contribution in [0.25, 0.3) is 0 Å². The molecule has 1 rings (SSSR count). The third-order valence-corrected chi connectivity index (χ3v) is 3.22. The Labute approximate surface area is 95.7 Å². The molecule has 1 heterocycles. The molecule has 1 aromatic rings. The van der Waals surface area contributed by atoms with Crippen LogP contribution in [0.3, 0.4) is 0 Å². The topological polar surface area (TPSA) is 58.4 Å². The Morgan fingerprint density at radius 3 is 2.56 bits per heavy atom. The summed E-state index contributed by atoms with van der Waals surface area (Å²) in [7, 11) is 3.68. The first-order chi connectivity index (χ1) is 7.26. The van der Waals surface area contributed by atoms with Crippen LogP contribution in [0.15, 0.2) is 6.20 Å². The maximum Gasteiger partial charge on any atom is 0.323 e. The van der Waals surface area contributed by atoms with Crippen molar-refractivity contribution in [3.05, 3.63) is 17.5 Å². The van der Waals surface area contributed by atoms with Crippen LogP contribution in [-0.2, 0) is 18.4 Å². The molecule has 16 heavy (non-hydrogen) atoms. The van der Waals surface area contributed by atoms with Crippen LogP contribution >= 0.6 is 0 Å². The van der Waals surface area contributed by atoms with Crippen LogP contribution in [0.4, 0.5) is 0 Å². The van der Waals surface area contributed by atoms with E-state index in [-0.39, 0.29) is 0 Å². The minimum absolute atomic E-state index is 0.582. The summed E-state index contributed by atoms with van der Waals surface area (Å²) in [5.41, 5.74) is 1.25. The van der Waals surface area contributed by atoms with Gasteiger partial charge in [-0.1, -0.05) is 0 Å². The number of hydrogen-bond acceptors (Lipinski definition) is 3. The number of hydrogen-bond donors (Lipinski definition) is 1. The minimum atomic E-state index is -0.873. The first-order valence-electron chi connectivity index (χ1n) is 5.19. The maximum atomic E-state index is 11.1. The number of aryl methyl sites for hydroxylation is 1. The highest BCUT2D eigenvalue weighted by atomic mass is 16.4. The summed E-state index contributed by atoms with van der Waals surface area (Å²) in [5.74, 6) is -0.823. The van der Waals surface area contributed by atoms with E-state index in [4.69, 9.17) is 5.11 Å². The molecule has 0 aromatic carbocycles. The van der Waals surface area contributed by atoms with Crippen molar-refractivity contribution in [1.29, 1.82) is 0 Å². The molecule has 1 N–H and O–H groups in total. The molecule has 0 fully saturated rings.